The number of nitrogens with one attached hydrogen (secondary N) is 2. The summed E-state index contributed by atoms with van der Waals surface area (Å²) >= 11 is 6.08. The van der Waals surface area contributed by atoms with Crippen LogP contribution in [0, 0.1) is 6.92 Å². The number of hydrogen-bond acceptors (Lipinski definition) is 3. The van der Waals surface area contributed by atoms with Gasteiger partial charge in [0.2, 0.25) is 5.91 Å². The van der Waals surface area contributed by atoms with E-state index in [-0.39, 0.29) is 11.9 Å². The zero-order valence-corrected chi connectivity index (χ0v) is 12.0. The van der Waals surface area contributed by atoms with Crippen LogP contribution in [0.2, 0.25) is 5.02 Å². The molecule has 104 valence electrons. The van der Waals surface area contributed by atoms with Crippen molar-refractivity contribution in [1.82, 2.24) is 5.32 Å². The quantitative estimate of drug-likeness (QED) is 0.896. The molecule has 0 aliphatic carbocycles. The summed E-state index contributed by atoms with van der Waals surface area (Å²) in [6.07, 6.45) is 2.44. The van der Waals surface area contributed by atoms with Crippen LogP contribution in [0.15, 0.2) is 12.1 Å². The number of halogens is 1. The molecule has 1 unspecified atom stereocenters. The summed E-state index contributed by atoms with van der Waals surface area (Å²) in [6, 6.07) is 3.90. The Hall–Kier alpha value is -1.42. The predicted molar refractivity (Wildman–Crippen MR) is 77.0 cm³/mol. The minimum absolute atomic E-state index is 0.0969. The van der Waals surface area contributed by atoms with E-state index in [1.807, 2.05) is 13.0 Å². The molecule has 1 atom stereocenters. The van der Waals surface area contributed by atoms with E-state index in [2.05, 4.69) is 10.6 Å². The molecule has 1 fully saturated rings. The van der Waals surface area contributed by atoms with Gasteiger partial charge >= 0.3 is 0 Å². The van der Waals surface area contributed by atoms with E-state index in [4.69, 9.17) is 16.3 Å². The summed E-state index contributed by atoms with van der Waals surface area (Å²) in [5.74, 6) is 0.805. The molecule has 0 bridgehead atoms. The van der Waals surface area contributed by atoms with Gasteiger partial charge in [0.05, 0.1) is 12.8 Å². The molecular weight excluding hydrogens is 264 g/mol. The van der Waals surface area contributed by atoms with Crippen LogP contribution in [0.1, 0.15) is 24.8 Å². The smallest absolute Gasteiger partial charge is 0.222 e. The van der Waals surface area contributed by atoms with Crippen LogP contribution in [-0.4, -0.2) is 25.6 Å². The normalized spacial score (nSPS) is 19.5. The molecular formula is C14H19ClN2O2. The molecule has 1 aliphatic heterocycles. The summed E-state index contributed by atoms with van der Waals surface area (Å²) in [4.78, 5) is 11.6. The highest BCUT2D eigenvalue weighted by Gasteiger charge is 2.18. The number of aryl methyl sites for hydroxylation is 1. The molecule has 1 aromatic carbocycles. The number of amides is 1. The highest BCUT2D eigenvalue weighted by atomic mass is 35.5. The number of ether oxygens (including phenoxy) is 1. The maximum atomic E-state index is 11.6. The van der Waals surface area contributed by atoms with Gasteiger partial charge in [-0.25, -0.2) is 0 Å². The largest absolute Gasteiger partial charge is 0.495 e. The highest BCUT2D eigenvalue weighted by molar-refractivity contribution is 6.31. The second-order valence-corrected chi connectivity index (χ2v) is 5.25. The van der Waals surface area contributed by atoms with Crippen LogP contribution >= 0.6 is 11.6 Å². The van der Waals surface area contributed by atoms with Crippen LogP contribution < -0.4 is 15.4 Å². The van der Waals surface area contributed by atoms with Crippen molar-refractivity contribution >= 4 is 23.2 Å². The van der Waals surface area contributed by atoms with Gasteiger partial charge in [-0.1, -0.05) is 11.6 Å². The molecule has 5 heteroatoms. The van der Waals surface area contributed by atoms with Crippen molar-refractivity contribution in [3.63, 3.8) is 0 Å². The molecule has 0 saturated carbocycles. The minimum Gasteiger partial charge on any atom is -0.495 e. The zero-order chi connectivity index (χ0) is 13.8. The first-order valence-electron chi connectivity index (χ1n) is 6.47. The van der Waals surface area contributed by atoms with Gasteiger partial charge in [0, 0.05) is 30.1 Å². The Morgan fingerprint density at radius 3 is 3.00 bits per heavy atom. The van der Waals surface area contributed by atoms with E-state index >= 15 is 0 Å². The fourth-order valence-electron chi connectivity index (χ4n) is 2.26. The minimum atomic E-state index is 0.0969. The highest BCUT2D eigenvalue weighted by Crippen LogP contribution is 2.32. The molecule has 1 saturated heterocycles. The van der Waals surface area contributed by atoms with Crippen molar-refractivity contribution in [1.29, 1.82) is 0 Å². The Balaban J connectivity index is 2.17. The molecule has 1 heterocycles. The van der Waals surface area contributed by atoms with Gasteiger partial charge in [-0.2, -0.15) is 0 Å². The van der Waals surface area contributed by atoms with E-state index in [9.17, 15) is 4.79 Å². The Bertz CT molecular complexity index is 477. The molecule has 1 aromatic rings. The van der Waals surface area contributed by atoms with E-state index in [1.54, 1.807) is 13.2 Å². The Morgan fingerprint density at radius 1 is 1.47 bits per heavy atom. The first-order valence-corrected chi connectivity index (χ1v) is 6.85. The number of methoxy groups -OCH3 is 1. The van der Waals surface area contributed by atoms with Crippen molar-refractivity contribution in [2.45, 2.75) is 32.2 Å². The number of carbonyl (C=O) groups is 1. The van der Waals surface area contributed by atoms with Crippen LogP contribution in [0.25, 0.3) is 0 Å². The fourth-order valence-corrected chi connectivity index (χ4v) is 2.42. The van der Waals surface area contributed by atoms with Crippen LogP contribution in [0.5, 0.6) is 5.75 Å². The Kier molecular flexibility index (Phi) is 4.53. The van der Waals surface area contributed by atoms with Crippen molar-refractivity contribution in [3.8, 4) is 5.75 Å². The Labute approximate surface area is 118 Å². The predicted octanol–water partition coefficient (Wildman–Crippen LogP) is 2.74. The van der Waals surface area contributed by atoms with Gasteiger partial charge in [-0.15, -0.1) is 0 Å². The van der Waals surface area contributed by atoms with Gasteiger partial charge in [-0.05, 0) is 31.4 Å². The summed E-state index contributed by atoms with van der Waals surface area (Å²) in [7, 11) is 1.62. The number of hydrogen-bond donors (Lipinski definition) is 2. The average Bonchev–Trinajstić information content (AvgIpc) is 2.58. The molecule has 0 radical (unpaired) electrons. The molecule has 2 N–H and O–H groups in total. The maximum absolute atomic E-state index is 11.6. The number of benzene rings is 1. The molecule has 4 nitrogen and oxygen atoms in total. The lowest BCUT2D eigenvalue weighted by Gasteiger charge is -2.19. The maximum Gasteiger partial charge on any atom is 0.222 e. The van der Waals surface area contributed by atoms with Gasteiger partial charge in [-0.3, -0.25) is 4.79 Å². The van der Waals surface area contributed by atoms with Crippen LogP contribution in [-0.2, 0) is 4.79 Å². The van der Waals surface area contributed by atoms with Crippen molar-refractivity contribution in [2.24, 2.45) is 0 Å². The lowest BCUT2D eigenvalue weighted by Crippen LogP contribution is -2.27. The van der Waals surface area contributed by atoms with Crippen LogP contribution in [0.3, 0.4) is 0 Å². The molecule has 0 spiro atoms. The fraction of sp³-hybridized carbons (Fsp3) is 0.500. The van der Waals surface area contributed by atoms with Gasteiger partial charge in [0.15, 0.2) is 0 Å². The molecule has 2 rings (SSSR count). The SMILES string of the molecule is COc1cc(Cl)c(C)cc1NC1CCCNC(=O)C1. The molecule has 19 heavy (non-hydrogen) atoms. The van der Waals surface area contributed by atoms with Gasteiger partial charge in [0.25, 0.3) is 0 Å². The monoisotopic (exact) mass is 282 g/mol. The summed E-state index contributed by atoms with van der Waals surface area (Å²) < 4.78 is 5.33. The first kappa shape index (κ1) is 14.0. The standard InChI is InChI=1S/C14H19ClN2O2/c1-9-6-12(13(19-2)8-11(9)15)17-10-4-3-5-16-14(18)7-10/h6,8,10,17H,3-5,7H2,1-2H3,(H,16,18). The summed E-state index contributed by atoms with van der Waals surface area (Å²) in [5, 5.41) is 6.95. The van der Waals surface area contributed by atoms with E-state index < -0.39 is 0 Å². The van der Waals surface area contributed by atoms with Gasteiger partial charge in [0.1, 0.15) is 5.75 Å². The third-order valence-electron chi connectivity index (χ3n) is 3.32. The van der Waals surface area contributed by atoms with E-state index in [0.29, 0.717) is 17.2 Å². The third kappa shape index (κ3) is 3.53. The van der Waals surface area contributed by atoms with Crippen LogP contribution in [0.4, 0.5) is 5.69 Å². The number of carbonyl (C=O) groups excluding carboxylic acids is 1. The first-order chi connectivity index (χ1) is 9.10. The lowest BCUT2D eigenvalue weighted by atomic mass is 10.1. The second-order valence-electron chi connectivity index (χ2n) is 4.84. The van der Waals surface area contributed by atoms with E-state index in [0.717, 1.165) is 30.6 Å². The van der Waals surface area contributed by atoms with Gasteiger partial charge < -0.3 is 15.4 Å². The summed E-state index contributed by atoms with van der Waals surface area (Å²) in [5.41, 5.74) is 1.88. The van der Waals surface area contributed by atoms with Crippen molar-refractivity contribution in [3.05, 3.63) is 22.7 Å². The molecule has 1 amide bonds. The second kappa shape index (κ2) is 6.15. The number of rotatable bonds is 3. The lowest BCUT2D eigenvalue weighted by molar-refractivity contribution is -0.120. The zero-order valence-electron chi connectivity index (χ0n) is 11.3. The third-order valence-corrected chi connectivity index (χ3v) is 3.73. The van der Waals surface area contributed by atoms with Crippen molar-refractivity contribution < 1.29 is 9.53 Å². The summed E-state index contributed by atoms with van der Waals surface area (Å²) in [6.45, 7) is 2.71. The van der Waals surface area contributed by atoms with E-state index in [1.165, 1.54) is 0 Å². The Morgan fingerprint density at radius 2 is 2.26 bits per heavy atom. The number of anilines is 1. The average molecular weight is 283 g/mol. The molecule has 1 aliphatic rings. The topological polar surface area (TPSA) is 50.4 Å². The van der Waals surface area contributed by atoms with Crippen molar-refractivity contribution in [2.75, 3.05) is 19.0 Å². The molecule has 0 aromatic heterocycles.